The molecule has 0 spiro atoms. The maximum absolute atomic E-state index is 9.83. The summed E-state index contributed by atoms with van der Waals surface area (Å²) in [7, 11) is 0. The Morgan fingerprint density at radius 1 is 1.15 bits per heavy atom. The highest BCUT2D eigenvalue weighted by molar-refractivity contribution is 9.10. The van der Waals surface area contributed by atoms with Gasteiger partial charge >= 0.3 is 0 Å². The molecule has 0 saturated carbocycles. The summed E-state index contributed by atoms with van der Waals surface area (Å²) < 4.78 is 6.51. The summed E-state index contributed by atoms with van der Waals surface area (Å²) in [5.41, 5.74) is 1.14. The van der Waals surface area contributed by atoms with E-state index in [9.17, 15) is 5.11 Å². The lowest BCUT2D eigenvalue weighted by atomic mass is 10.2. The van der Waals surface area contributed by atoms with E-state index in [2.05, 4.69) is 26.2 Å². The van der Waals surface area contributed by atoms with Crippen molar-refractivity contribution in [2.45, 2.75) is 12.6 Å². The van der Waals surface area contributed by atoms with E-state index in [1.165, 1.54) is 0 Å². The number of aromatic nitrogens is 1. The topological polar surface area (TPSA) is 54.4 Å². The van der Waals surface area contributed by atoms with Gasteiger partial charge in [-0.1, -0.05) is 15.9 Å². The molecule has 0 fully saturated rings. The van der Waals surface area contributed by atoms with E-state index in [1.807, 2.05) is 36.4 Å². The maximum atomic E-state index is 9.83. The van der Waals surface area contributed by atoms with Gasteiger partial charge in [0.15, 0.2) is 0 Å². The van der Waals surface area contributed by atoms with E-state index in [-0.39, 0.29) is 6.61 Å². The van der Waals surface area contributed by atoms with Gasteiger partial charge in [-0.2, -0.15) is 0 Å². The number of halogens is 1. The Labute approximate surface area is 126 Å². The predicted molar refractivity (Wildman–Crippen MR) is 81.6 cm³/mol. The summed E-state index contributed by atoms with van der Waals surface area (Å²) in [5.74, 6) is 0.751. The molecule has 1 aromatic heterocycles. The molecule has 2 rings (SSSR count). The first-order chi connectivity index (χ1) is 9.74. The number of aliphatic hydroxyl groups excluding tert-OH is 1. The van der Waals surface area contributed by atoms with Crippen molar-refractivity contribution in [3.05, 3.63) is 58.8 Å². The number of hydrogen-bond acceptors (Lipinski definition) is 4. The van der Waals surface area contributed by atoms with E-state index in [0.717, 1.165) is 15.8 Å². The predicted octanol–water partition coefficient (Wildman–Crippen LogP) is 2.37. The number of aliphatic hydroxyl groups is 1. The van der Waals surface area contributed by atoms with Crippen LogP contribution in [0.25, 0.3) is 0 Å². The first-order valence-corrected chi connectivity index (χ1v) is 7.19. The van der Waals surface area contributed by atoms with Crippen molar-refractivity contribution < 1.29 is 9.84 Å². The molecule has 0 bridgehead atoms. The summed E-state index contributed by atoms with van der Waals surface area (Å²) in [6, 6.07) is 11.4. The Morgan fingerprint density at radius 3 is 2.55 bits per heavy atom. The second kappa shape index (κ2) is 7.99. The van der Waals surface area contributed by atoms with Gasteiger partial charge in [-0.25, -0.2) is 0 Å². The normalized spacial score (nSPS) is 12.1. The zero-order valence-corrected chi connectivity index (χ0v) is 12.6. The van der Waals surface area contributed by atoms with Gasteiger partial charge in [-0.15, -0.1) is 0 Å². The van der Waals surface area contributed by atoms with Crippen LogP contribution in [0.15, 0.2) is 53.3 Å². The van der Waals surface area contributed by atoms with Crippen molar-refractivity contribution in [2.24, 2.45) is 0 Å². The van der Waals surface area contributed by atoms with Gasteiger partial charge < -0.3 is 15.2 Å². The third kappa shape index (κ3) is 5.28. The van der Waals surface area contributed by atoms with Gasteiger partial charge in [-0.3, -0.25) is 4.98 Å². The van der Waals surface area contributed by atoms with E-state index in [4.69, 9.17) is 4.74 Å². The van der Waals surface area contributed by atoms with Gasteiger partial charge in [0.25, 0.3) is 0 Å². The zero-order valence-electron chi connectivity index (χ0n) is 11.0. The summed E-state index contributed by atoms with van der Waals surface area (Å²) >= 11 is 3.36. The molecular formula is C15H17BrN2O2. The number of rotatable bonds is 7. The molecule has 0 aliphatic heterocycles. The van der Waals surface area contributed by atoms with E-state index >= 15 is 0 Å². The van der Waals surface area contributed by atoms with Crippen molar-refractivity contribution in [3.63, 3.8) is 0 Å². The minimum atomic E-state index is -0.541. The fourth-order valence-electron chi connectivity index (χ4n) is 1.67. The van der Waals surface area contributed by atoms with E-state index in [0.29, 0.717) is 13.1 Å². The van der Waals surface area contributed by atoms with Crippen molar-refractivity contribution in [2.75, 3.05) is 13.2 Å². The van der Waals surface area contributed by atoms with Gasteiger partial charge in [-0.05, 0) is 42.0 Å². The molecule has 1 atom stereocenters. The molecule has 1 aromatic carbocycles. The Hall–Kier alpha value is -1.43. The standard InChI is InChI=1S/C15H17BrN2O2/c16-13-1-3-15(4-2-13)20-11-14(19)10-18-9-12-5-7-17-8-6-12/h1-8,14,18-19H,9-11H2. The highest BCUT2D eigenvalue weighted by Gasteiger charge is 2.05. The molecule has 2 N–H and O–H groups in total. The van der Waals surface area contributed by atoms with E-state index in [1.54, 1.807) is 12.4 Å². The van der Waals surface area contributed by atoms with Gasteiger partial charge in [0.1, 0.15) is 18.5 Å². The lowest BCUT2D eigenvalue weighted by Crippen LogP contribution is -2.31. The number of nitrogens with zero attached hydrogens (tertiary/aromatic N) is 1. The Kier molecular flexibility index (Phi) is 5.98. The molecule has 0 radical (unpaired) electrons. The molecule has 106 valence electrons. The molecular weight excluding hydrogens is 320 g/mol. The Balaban J connectivity index is 1.65. The zero-order chi connectivity index (χ0) is 14.2. The molecule has 0 saturated heterocycles. The highest BCUT2D eigenvalue weighted by Crippen LogP contribution is 2.16. The summed E-state index contributed by atoms with van der Waals surface area (Å²) in [4.78, 5) is 3.96. The molecule has 4 nitrogen and oxygen atoms in total. The first kappa shape index (κ1) is 15.0. The second-order valence-electron chi connectivity index (χ2n) is 4.41. The fourth-order valence-corrected chi connectivity index (χ4v) is 1.93. The molecule has 0 aliphatic rings. The largest absolute Gasteiger partial charge is 0.491 e. The van der Waals surface area contributed by atoms with Crippen LogP contribution in [0.4, 0.5) is 0 Å². The number of nitrogens with one attached hydrogen (secondary N) is 1. The van der Waals surface area contributed by atoms with Gasteiger partial charge in [0.2, 0.25) is 0 Å². The molecule has 1 heterocycles. The summed E-state index contributed by atoms with van der Waals surface area (Å²) in [5, 5.41) is 13.0. The van der Waals surface area contributed by atoms with Gasteiger partial charge in [0.05, 0.1) is 0 Å². The average Bonchev–Trinajstić information content (AvgIpc) is 2.48. The number of hydrogen-bond donors (Lipinski definition) is 2. The Bertz CT molecular complexity index is 505. The van der Waals surface area contributed by atoms with Crippen LogP contribution in [0.2, 0.25) is 0 Å². The van der Waals surface area contributed by atoms with Crippen molar-refractivity contribution in [1.29, 1.82) is 0 Å². The summed E-state index contributed by atoms with van der Waals surface area (Å²) in [6.07, 6.45) is 2.97. The highest BCUT2D eigenvalue weighted by atomic mass is 79.9. The first-order valence-electron chi connectivity index (χ1n) is 6.40. The van der Waals surface area contributed by atoms with Crippen LogP contribution in [0.3, 0.4) is 0 Å². The van der Waals surface area contributed by atoms with Crippen LogP contribution in [0.1, 0.15) is 5.56 Å². The smallest absolute Gasteiger partial charge is 0.119 e. The Morgan fingerprint density at radius 2 is 1.85 bits per heavy atom. The SMILES string of the molecule is OC(CNCc1ccncc1)COc1ccc(Br)cc1. The lowest BCUT2D eigenvalue weighted by Gasteiger charge is -2.13. The quantitative estimate of drug-likeness (QED) is 0.815. The minimum Gasteiger partial charge on any atom is -0.491 e. The van der Waals surface area contributed by atoms with Crippen LogP contribution in [0.5, 0.6) is 5.75 Å². The molecule has 2 aromatic rings. The van der Waals surface area contributed by atoms with E-state index < -0.39 is 6.10 Å². The minimum absolute atomic E-state index is 0.269. The third-order valence-corrected chi connectivity index (χ3v) is 3.24. The van der Waals surface area contributed by atoms with Crippen molar-refractivity contribution in [3.8, 4) is 5.75 Å². The number of benzene rings is 1. The average molecular weight is 337 g/mol. The van der Waals surface area contributed by atoms with Crippen LogP contribution < -0.4 is 10.1 Å². The molecule has 0 amide bonds. The van der Waals surface area contributed by atoms with Crippen LogP contribution in [-0.2, 0) is 6.54 Å². The van der Waals surface area contributed by atoms with Crippen LogP contribution in [-0.4, -0.2) is 29.3 Å². The lowest BCUT2D eigenvalue weighted by molar-refractivity contribution is 0.106. The fraction of sp³-hybridized carbons (Fsp3) is 0.267. The van der Waals surface area contributed by atoms with Crippen molar-refractivity contribution >= 4 is 15.9 Å². The van der Waals surface area contributed by atoms with Crippen LogP contribution in [0, 0.1) is 0 Å². The maximum Gasteiger partial charge on any atom is 0.119 e. The van der Waals surface area contributed by atoms with Crippen molar-refractivity contribution in [1.82, 2.24) is 10.3 Å². The van der Waals surface area contributed by atoms with Gasteiger partial charge in [0, 0.05) is 30.0 Å². The van der Waals surface area contributed by atoms with Crippen LogP contribution >= 0.6 is 15.9 Å². The number of pyridine rings is 1. The molecule has 20 heavy (non-hydrogen) atoms. The number of ether oxygens (including phenoxy) is 1. The molecule has 0 aliphatic carbocycles. The second-order valence-corrected chi connectivity index (χ2v) is 5.32. The summed E-state index contributed by atoms with van der Waals surface area (Å²) in [6.45, 7) is 1.46. The molecule has 5 heteroatoms. The monoisotopic (exact) mass is 336 g/mol. The third-order valence-electron chi connectivity index (χ3n) is 2.71. The molecule has 1 unspecified atom stereocenters.